The molecule has 4 heterocycles. The highest BCUT2D eigenvalue weighted by molar-refractivity contribution is 6.23. The van der Waals surface area contributed by atoms with E-state index in [4.69, 9.17) is 40.0 Å². The standard InChI is InChI=1S/C26H33ClO11/c1-10-16(27)20-26(11(2)23(32)37-20)22(36-14(5)30)19-24(6,21(35-13(4)29)17(31)18(10)38-26)15(34-12(3)28)7-8-25(19)9-33-25/h11,15-22,31H,1,7-9H2,2-6H3. The van der Waals surface area contributed by atoms with Gasteiger partial charge >= 0.3 is 23.9 Å². The second-order valence-electron chi connectivity index (χ2n) is 11.3. The van der Waals surface area contributed by atoms with E-state index in [1.165, 1.54) is 20.8 Å². The van der Waals surface area contributed by atoms with Crippen molar-refractivity contribution in [3.63, 3.8) is 0 Å². The molecule has 210 valence electrons. The number of ether oxygens (including phenoxy) is 6. The van der Waals surface area contributed by atoms with E-state index in [0.29, 0.717) is 12.8 Å². The molecule has 5 aliphatic rings. The van der Waals surface area contributed by atoms with E-state index in [-0.39, 0.29) is 12.2 Å². The lowest BCUT2D eigenvalue weighted by Gasteiger charge is -2.62. The molecular weight excluding hydrogens is 524 g/mol. The maximum atomic E-state index is 13.1. The van der Waals surface area contributed by atoms with Crippen LogP contribution in [0.25, 0.3) is 0 Å². The fourth-order valence-electron chi connectivity index (χ4n) is 7.49. The molecule has 5 fully saturated rings. The van der Waals surface area contributed by atoms with Gasteiger partial charge in [0.1, 0.15) is 30.5 Å². The summed E-state index contributed by atoms with van der Waals surface area (Å²) in [6.45, 7) is 11.3. The molecule has 4 aliphatic heterocycles. The molecule has 0 aromatic heterocycles. The van der Waals surface area contributed by atoms with Crippen molar-refractivity contribution in [1.29, 1.82) is 0 Å². The summed E-state index contributed by atoms with van der Waals surface area (Å²) in [6.07, 6.45) is -6.55. The van der Waals surface area contributed by atoms with Gasteiger partial charge in [0.25, 0.3) is 0 Å². The highest BCUT2D eigenvalue weighted by atomic mass is 35.5. The topological polar surface area (TPSA) is 147 Å². The molecule has 1 N–H and O–H groups in total. The van der Waals surface area contributed by atoms with Gasteiger partial charge in [0.15, 0.2) is 11.7 Å². The normalized spacial score (nSPS) is 49.1. The van der Waals surface area contributed by atoms with Gasteiger partial charge in [0.2, 0.25) is 0 Å². The van der Waals surface area contributed by atoms with E-state index < -0.39 is 94.3 Å². The summed E-state index contributed by atoms with van der Waals surface area (Å²) in [5, 5.41) is 10.9. The van der Waals surface area contributed by atoms with Gasteiger partial charge in [-0.25, -0.2) is 0 Å². The van der Waals surface area contributed by atoms with Gasteiger partial charge in [-0.2, -0.15) is 0 Å². The number of hydrogen-bond donors (Lipinski definition) is 1. The zero-order chi connectivity index (χ0) is 27.9. The Labute approximate surface area is 225 Å². The molecule has 0 radical (unpaired) electrons. The summed E-state index contributed by atoms with van der Waals surface area (Å²) < 4.78 is 35.9. The van der Waals surface area contributed by atoms with Gasteiger partial charge in [-0.1, -0.05) is 13.5 Å². The van der Waals surface area contributed by atoms with Crippen molar-refractivity contribution >= 4 is 35.5 Å². The Morgan fingerprint density at radius 2 is 1.66 bits per heavy atom. The van der Waals surface area contributed by atoms with Crippen molar-refractivity contribution in [2.24, 2.45) is 17.3 Å². The maximum Gasteiger partial charge on any atom is 0.312 e. The van der Waals surface area contributed by atoms with E-state index in [0.717, 1.165) is 0 Å². The van der Waals surface area contributed by atoms with E-state index >= 15 is 0 Å². The SMILES string of the molecule is C=C1C(Cl)C2OC(=O)C(C)C23OC1C(O)C(OC(C)=O)C1(C)C(OC(C)=O)CCC2(CO2)C1C3OC(C)=O. The minimum absolute atomic E-state index is 0.208. The van der Waals surface area contributed by atoms with Crippen molar-refractivity contribution in [1.82, 2.24) is 0 Å². The molecule has 5 rings (SSSR count). The second-order valence-corrected chi connectivity index (χ2v) is 11.8. The Hall–Kier alpha value is -2.21. The minimum atomic E-state index is -1.65. The van der Waals surface area contributed by atoms with Gasteiger partial charge in [0, 0.05) is 26.7 Å². The van der Waals surface area contributed by atoms with E-state index in [2.05, 4.69) is 6.58 Å². The van der Waals surface area contributed by atoms with Crippen LogP contribution in [0.1, 0.15) is 47.5 Å². The molecule has 1 aliphatic carbocycles. The van der Waals surface area contributed by atoms with Crippen LogP contribution in [0.15, 0.2) is 12.2 Å². The Bertz CT molecular complexity index is 1090. The van der Waals surface area contributed by atoms with Gasteiger partial charge < -0.3 is 33.5 Å². The molecule has 0 aromatic rings. The Kier molecular flexibility index (Phi) is 6.41. The van der Waals surface area contributed by atoms with Crippen LogP contribution >= 0.6 is 11.6 Å². The number of aliphatic hydroxyl groups excluding tert-OH is 1. The van der Waals surface area contributed by atoms with Crippen LogP contribution in [-0.4, -0.2) is 88.8 Å². The van der Waals surface area contributed by atoms with Crippen molar-refractivity contribution < 1.29 is 52.7 Å². The number of alkyl halides is 1. The van der Waals surface area contributed by atoms with Crippen LogP contribution in [0.3, 0.4) is 0 Å². The number of rotatable bonds is 3. The molecule has 12 heteroatoms. The average Bonchev–Trinajstić information content (AvgIpc) is 3.54. The summed E-state index contributed by atoms with van der Waals surface area (Å²) in [6, 6.07) is 0. The van der Waals surface area contributed by atoms with E-state index in [9.17, 15) is 24.3 Å². The molecule has 38 heavy (non-hydrogen) atoms. The highest BCUT2D eigenvalue weighted by Crippen LogP contribution is 2.65. The zero-order valence-corrected chi connectivity index (χ0v) is 22.7. The first-order valence-corrected chi connectivity index (χ1v) is 13.2. The summed E-state index contributed by atoms with van der Waals surface area (Å²) in [4.78, 5) is 50.4. The molecule has 4 saturated heterocycles. The highest BCUT2D eigenvalue weighted by Gasteiger charge is 2.79. The summed E-state index contributed by atoms with van der Waals surface area (Å²) >= 11 is 6.82. The molecule has 1 saturated carbocycles. The zero-order valence-electron chi connectivity index (χ0n) is 21.9. The Morgan fingerprint density at radius 1 is 1.08 bits per heavy atom. The van der Waals surface area contributed by atoms with Crippen LogP contribution < -0.4 is 0 Å². The predicted octanol–water partition coefficient (Wildman–Crippen LogP) is 1.20. The molecule has 0 amide bonds. The van der Waals surface area contributed by atoms with Crippen LogP contribution in [0.5, 0.6) is 0 Å². The number of aliphatic hydroxyl groups is 1. The lowest BCUT2D eigenvalue weighted by molar-refractivity contribution is -0.307. The maximum absolute atomic E-state index is 13.1. The molecule has 12 unspecified atom stereocenters. The van der Waals surface area contributed by atoms with Crippen molar-refractivity contribution in [2.45, 2.75) is 101 Å². The number of halogens is 1. The fraction of sp³-hybridized carbons (Fsp3) is 0.769. The lowest BCUT2D eigenvalue weighted by atomic mass is 9.51. The first-order valence-electron chi connectivity index (χ1n) is 12.8. The first-order chi connectivity index (χ1) is 17.7. The smallest absolute Gasteiger partial charge is 0.312 e. The number of carbonyl (C=O) groups excluding carboxylic acids is 4. The lowest BCUT2D eigenvalue weighted by Crippen LogP contribution is -2.77. The Morgan fingerprint density at radius 3 is 2.21 bits per heavy atom. The molecule has 11 nitrogen and oxygen atoms in total. The van der Waals surface area contributed by atoms with Crippen LogP contribution in [0.2, 0.25) is 0 Å². The molecule has 2 bridgehead atoms. The largest absolute Gasteiger partial charge is 0.462 e. The molecule has 2 spiro atoms. The predicted molar refractivity (Wildman–Crippen MR) is 128 cm³/mol. The van der Waals surface area contributed by atoms with Crippen molar-refractivity contribution in [3.8, 4) is 0 Å². The van der Waals surface area contributed by atoms with Gasteiger partial charge in [0.05, 0.1) is 28.9 Å². The molecule has 12 atom stereocenters. The van der Waals surface area contributed by atoms with Crippen LogP contribution in [0, 0.1) is 17.3 Å². The van der Waals surface area contributed by atoms with Gasteiger partial charge in [-0.05, 0) is 25.3 Å². The van der Waals surface area contributed by atoms with Crippen molar-refractivity contribution in [2.75, 3.05) is 6.61 Å². The number of esters is 4. The molecule has 0 aromatic carbocycles. The van der Waals surface area contributed by atoms with Gasteiger partial charge in [-0.15, -0.1) is 11.6 Å². The third-order valence-corrected chi connectivity index (χ3v) is 9.69. The third kappa shape index (κ3) is 3.65. The number of epoxide rings is 1. The van der Waals surface area contributed by atoms with Crippen LogP contribution in [-0.2, 0) is 47.6 Å². The van der Waals surface area contributed by atoms with Crippen LogP contribution in [0.4, 0.5) is 0 Å². The minimum Gasteiger partial charge on any atom is -0.462 e. The summed E-state index contributed by atoms with van der Waals surface area (Å²) in [5.74, 6) is -4.39. The number of hydrogen-bond acceptors (Lipinski definition) is 11. The quantitative estimate of drug-likeness (QED) is 0.176. The summed E-state index contributed by atoms with van der Waals surface area (Å²) in [5.41, 5.74) is -3.71. The average molecular weight is 557 g/mol. The summed E-state index contributed by atoms with van der Waals surface area (Å²) in [7, 11) is 0. The van der Waals surface area contributed by atoms with E-state index in [1.807, 2.05) is 0 Å². The van der Waals surface area contributed by atoms with E-state index in [1.54, 1.807) is 13.8 Å². The number of fused-ring (bicyclic) bond motifs is 3. The Balaban J connectivity index is 1.82. The number of carbonyl (C=O) groups is 4. The first kappa shape index (κ1) is 27.4. The van der Waals surface area contributed by atoms with Crippen molar-refractivity contribution in [3.05, 3.63) is 12.2 Å². The van der Waals surface area contributed by atoms with Gasteiger partial charge in [-0.3, -0.25) is 19.2 Å². The second kappa shape index (κ2) is 8.90. The molecular formula is C26H33ClO11. The monoisotopic (exact) mass is 556 g/mol. The third-order valence-electron chi connectivity index (χ3n) is 9.19. The fourth-order valence-corrected chi connectivity index (χ4v) is 7.87.